The first-order valence-corrected chi connectivity index (χ1v) is 4.93. The smallest absolute Gasteiger partial charge is 0.0964 e. The number of aliphatic hydroxyl groups is 1. The third-order valence-electron chi connectivity index (χ3n) is 1.77. The van der Waals surface area contributed by atoms with Crippen molar-refractivity contribution in [1.29, 1.82) is 0 Å². The van der Waals surface area contributed by atoms with E-state index in [9.17, 15) is 0 Å². The van der Waals surface area contributed by atoms with Gasteiger partial charge in [0.05, 0.1) is 18.8 Å². The quantitative estimate of drug-likeness (QED) is 0.676. The van der Waals surface area contributed by atoms with Crippen LogP contribution < -0.4 is 5.32 Å². The normalized spacial score (nSPS) is 11.1. The fraction of sp³-hybridized carbons (Fsp3) is 0.778. The van der Waals surface area contributed by atoms with Gasteiger partial charge in [-0.1, -0.05) is 19.1 Å². The summed E-state index contributed by atoms with van der Waals surface area (Å²) in [5, 5.41) is 19.8. The highest BCUT2D eigenvalue weighted by atomic mass is 16.3. The van der Waals surface area contributed by atoms with Gasteiger partial charge in [-0.25, -0.2) is 4.68 Å². The molecule has 80 valence electrons. The van der Waals surface area contributed by atoms with Crippen LogP contribution in [0.5, 0.6) is 0 Å². The van der Waals surface area contributed by atoms with Crippen molar-refractivity contribution in [2.75, 3.05) is 13.2 Å². The van der Waals surface area contributed by atoms with Crippen LogP contribution in [0.15, 0.2) is 6.20 Å². The summed E-state index contributed by atoms with van der Waals surface area (Å²) in [5.41, 5.74) is 0.916. The molecule has 1 aromatic heterocycles. The molecule has 0 aliphatic rings. The molecule has 0 aromatic carbocycles. The molecule has 0 aliphatic heterocycles. The van der Waals surface area contributed by atoms with Gasteiger partial charge in [-0.2, -0.15) is 0 Å². The molecule has 0 fully saturated rings. The molecule has 0 atom stereocenters. The van der Waals surface area contributed by atoms with Gasteiger partial charge in [0, 0.05) is 12.7 Å². The van der Waals surface area contributed by atoms with Crippen LogP contribution in [0.1, 0.15) is 19.5 Å². The van der Waals surface area contributed by atoms with Gasteiger partial charge in [0.2, 0.25) is 0 Å². The number of nitrogens with one attached hydrogen (secondary N) is 1. The largest absolute Gasteiger partial charge is 0.394 e. The average Bonchev–Trinajstić information content (AvgIpc) is 2.53. The third kappa shape index (κ3) is 3.85. The van der Waals surface area contributed by atoms with Gasteiger partial charge < -0.3 is 10.4 Å². The van der Waals surface area contributed by atoms with Crippen molar-refractivity contribution in [2.24, 2.45) is 5.92 Å². The van der Waals surface area contributed by atoms with E-state index in [1.165, 1.54) is 0 Å². The fourth-order valence-corrected chi connectivity index (χ4v) is 1.12. The van der Waals surface area contributed by atoms with Crippen LogP contribution in [0.2, 0.25) is 0 Å². The molecule has 1 rings (SSSR count). The first-order chi connectivity index (χ1) is 6.72. The maximum absolute atomic E-state index is 8.67. The first kappa shape index (κ1) is 11.1. The van der Waals surface area contributed by atoms with Crippen LogP contribution in [-0.2, 0) is 13.1 Å². The highest BCUT2D eigenvalue weighted by molar-refractivity contribution is 4.91. The standard InChI is InChI=1S/C9H18N4O/c1-8(2)5-10-6-9-7-13(3-4-14)12-11-9/h7-8,10,14H,3-6H2,1-2H3. The Morgan fingerprint density at radius 2 is 2.36 bits per heavy atom. The molecule has 0 aliphatic carbocycles. The topological polar surface area (TPSA) is 63.0 Å². The summed E-state index contributed by atoms with van der Waals surface area (Å²) in [6.07, 6.45) is 1.85. The summed E-state index contributed by atoms with van der Waals surface area (Å²) in [5.74, 6) is 0.641. The van der Waals surface area contributed by atoms with E-state index in [0.29, 0.717) is 12.5 Å². The van der Waals surface area contributed by atoms with E-state index in [2.05, 4.69) is 29.5 Å². The summed E-state index contributed by atoms with van der Waals surface area (Å²) in [7, 11) is 0. The summed E-state index contributed by atoms with van der Waals surface area (Å²) in [4.78, 5) is 0. The Morgan fingerprint density at radius 1 is 1.57 bits per heavy atom. The Labute approximate surface area is 84.1 Å². The average molecular weight is 198 g/mol. The lowest BCUT2D eigenvalue weighted by Gasteiger charge is -2.04. The van der Waals surface area contributed by atoms with Crippen LogP contribution in [0.3, 0.4) is 0 Å². The third-order valence-corrected chi connectivity index (χ3v) is 1.77. The molecule has 0 spiro atoms. The van der Waals surface area contributed by atoms with Crippen LogP contribution in [0.4, 0.5) is 0 Å². The first-order valence-electron chi connectivity index (χ1n) is 4.93. The highest BCUT2D eigenvalue weighted by Crippen LogP contribution is 1.93. The molecule has 2 N–H and O–H groups in total. The lowest BCUT2D eigenvalue weighted by Crippen LogP contribution is -2.19. The molecule has 0 unspecified atom stereocenters. The van der Waals surface area contributed by atoms with Gasteiger partial charge in [-0.05, 0) is 12.5 Å². The van der Waals surface area contributed by atoms with Gasteiger partial charge in [0.15, 0.2) is 0 Å². The Morgan fingerprint density at radius 3 is 3.00 bits per heavy atom. The summed E-state index contributed by atoms with van der Waals surface area (Å²) < 4.78 is 1.65. The second-order valence-corrected chi connectivity index (χ2v) is 3.72. The van der Waals surface area contributed by atoms with E-state index in [1.54, 1.807) is 4.68 Å². The van der Waals surface area contributed by atoms with Crippen molar-refractivity contribution < 1.29 is 5.11 Å². The molecular weight excluding hydrogens is 180 g/mol. The van der Waals surface area contributed by atoms with E-state index in [4.69, 9.17) is 5.11 Å². The maximum Gasteiger partial charge on any atom is 0.0964 e. The highest BCUT2D eigenvalue weighted by Gasteiger charge is 2.00. The van der Waals surface area contributed by atoms with E-state index < -0.39 is 0 Å². The molecule has 5 heteroatoms. The SMILES string of the molecule is CC(C)CNCc1cn(CCO)nn1. The lowest BCUT2D eigenvalue weighted by atomic mass is 10.2. The molecule has 0 saturated carbocycles. The number of hydrogen-bond acceptors (Lipinski definition) is 4. The van der Waals surface area contributed by atoms with Crippen molar-refractivity contribution in [3.05, 3.63) is 11.9 Å². The lowest BCUT2D eigenvalue weighted by molar-refractivity contribution is 0.268. The molecule has 1 heterocycles. The van der Waals surface area contributed by atoms with Crippen LogP contribution in [0.25, 0.3) is 0 Å². The summed E-state index contributed by atoms with van der Waals surface area (Å²) in [6, 6.07) is 0. The molecule has 0 bridgehead atoms. The van der Waals surface area contributed by atoms with Gasteiger partial charge >= 0.3 is 0 Å². The number of nitrogens with zero attached hydrogens (tertiary/aromatic N) is 3. The van der Waals surface area contributed by atoms with Crippen molar-refractivity contribution in [2.45, 2.75) is 26.9 Å². The van der Waals surface area contributed by atoms with Gasteiger partial charge in [-0.15, -0.1) is 5.10 Å². The molecule has 0 radical (unpaired) electrons. The van der Waals surface area contributed by atoms with E-state index in [1.807, 2.05) is 6.20 Å². The van der Waals surface area contributed by atoms with Crippen molar-refractivity contribution in [3.63, 3.8) is 0 Å². The zero-order valence-electron chi connectivity index (χ0n) is 8.77. The van der Waals surface area contributed by atoms with E-state index in [0.717, 1.165) is 18.8 Å². The van der Waals surface area contributed by atoms with E-state index in [-0.39, 0.29) is 6.61 Å². The van der Waals surface area contributed by atoms with E-state index >= 15 is 0 Å². The number of aliphatic hydroxyl groups excluding tert-OH is 1. The minimum atomic E-state index is 0.0994. The predicted molar refractivity (Wildman–Crippen MR) is 53.7 cm³/mol. The van der Waals surface area contributed by atoms with Gasteiger partial charge in [0.25, 0.3) is 0 Å². The van der Waals surface area contributed by atoms with Crippen molar-refractivity contribution in [1.82, 2.24) is 20.3 Å². The second kappa shape index (κ2) is 5.72. The predicted octanol–water partition coefficient (Wildman–Crippen LogP) is 0.0160. The van der Waals surface area contributed by atoms with Crippen molar-refractivity contribution in [3.8, 4) is 0 Å². The summed E-state index contributed by atoms with van der Waals surface area (Å²) in [6.45, 7) is 6.65. The molecule has 0 amide bonds. The molecule has 0 saturated heterocycles. The Kier molecular flexibility index (Phi) is 4.55. The Bertz CT molecular complexity index is 259. The monoisotopic (exact) mass is 198 g/mol. The van der Waals surface area contributed by atoms with Crippen LogP contribution in [-0.4, -0.2) is 33.3 Å². The zero-order chi connectivity index (χ0) is 10.4. The minimum Gasteiger partial charge on any atom is -0.394 e. The van der Waals surface area contributed by atoms with Gasteiger partial charge in [0.1, 0.15) is 0 Å². The van der Waals surface area contributed by atoms with Crippen LogP contribution >= 0.6 is 0 Å². The van der Waals surface area contributed by atoms with Crippen molar-refractivity contribution >= 4 is 0 Å². The Balaban J connectivity index is 2.28. The molecule has 14 heavy (non-hydrogen) atoms. The van der Waals surface area contributed by atoms with Gasteiger partial charge in [-0.3, -0.25) is 0 Å². The maximum atomic E-state index is 8.67. The fourth-order valence-electron chi connectivity index (χ4n) is 1.12. The molecular formula is C9H18N4O. The number of rotatable bonds is 6. The van der Waals surface area contributed by atoms with Crippen LogP contribution in [0, 0.1) is 5.92 Å². The zero-order valence-corrected chi connectivity index (χ0v) is 8.77. The molecule has 5 nitrogen and oxygen atoms in total. The number of hydrogen-bond donors (Lipinski definition) is 2. The Hall–Kier alpha value is -0.940. The molecule has 1 aromatic rings. The number of aromatic nitrogens is 3. The minimum absolute atomic E-state index is 0.0994. The summed E-state index contributed by atoms with van der Waals surface area (Å²) >= 11 is 0. The second-order valence-electron chi connectivity index (χ2n) is 3.72.